The highest BCUT2D eigenvalue weighted by atomic mass is 35.5. The van der Waals surface area contributed by atoms with Gasteiger partial charge < -0.3 is 10.2 Å². The molecular weight excluding hydrogens is 210 g/mol. The Labute approximate surface area is 93.8 Å². The largest absolute Gasteiger partial charge is 0.354 e. The van der Waals surface area contributed by atoms with Gasteiger partial charge >= 0.3 is 0 Å². The van der Waals surface area contributed by atoms with Crippen molar-refractivity contribution in [1.29, 1.82) is 0 Å². The van der Waals surface area contributed by atoms with Gasteiger partial charge in [0.25, 0.3) is 0 Å². The number of hydrogen-bond acceptors (Lipinski definition) is 3. The maximum Gasteiger partial charge on any atom is 0.194 e. The number of halogens is 1. The molecule has 0 aromatic heterocycles. The van der Waals surface area contributed by atoms with Crippen molar-refractivity contribution in [3.05, 3.63) is 34.9 Å². The summed E-state index contributed by atoms with van der Waals surface area (Å²) >= 11 is 6.20. The van der Waals surface area contributed by atoms with Gasteiger partial charge in [0, 0.05) is 18.1 Å². The quantitative estimate of drug-likeness (QED) is 0.781. The summed E-state index contributed by atoms with van der Waals surface area (Å²) in [7, 11) is 0. The van der Waals surface area contributed by atoms with Crippen LogP contribution in [-0.2, 0) is 0 Å². The molecule has 4 heteroatoms. The molecule has 0 spiro atoms. The number of hydrogen-bond donors (Lipinski definition) is 1. The van der Waals surface area contributed by atoms with Crippen molar-refractivity contribution in [2.24, 2.45) is 4.99 Å². The lowest BCUT2D eigenvalue weighted by molar-refractivity contribution is 0.381. The number of nitrogens with zero attached hydrogens (tertiary/aromatic N) is 2. The van der Waals surface area contributed by atoms with Crippen molar-refractivity contribution in [2.75, 3.05) is 19.6 Å². The van der Waals surface area contributed by atoms with Gasteiger partial charge in [-0.1, -0.05) is 29.8 Å². The van der Waals surface area contributed by atoms with Crippen LogP contribution in [0.2, 0.25) is 5.02 Å². The molecule has 0 radical (unpaired) electrons. The van der Waals surface area contributed by atoms with Crippen molar-refractivity contribution < 1.29 is 0 Å². The van der Waals surface area contributed by atoms with Gasteiger partial charge in [-0.3, -0.25) is 4.99 Å². The minimum Gasteiger partial charge on any atom is -0.354 e. The van der Waals surface area contributed by atoms with E-state index in [0.29, 0.717) is 6.04 Å². The first-order chi connectivity index (χ1) is 7.36. The zero-order valence-electron chi connectivity index (χ0n) is 8.28. The third-order valence-corrected chi connectivity index (χ3v) is 3.31. The van der Waals surface area contributed by atoms with Crippen molar-refractivity contribution in [3.8, 4) is 0 Å². The maximum absolute atomic E-state index is 6.20. The molecule has 1 N–H and O–H groups in total. The third-order valence-electron chi connectivity index (χ3n) is 2.96. The minimum atomic E-state index is 0.323. The molecule has 0 aliphatic carbocycles. The van der Waals surface area contributed by atoms with Gasteiger partial charge in [0.15, 0.2) is 5.96 Å². The van der Waals surface area contributed by atoms with Crippen LogP contribution >= 0.6 is 11.6 Å². The highest BCUT2D eigenvalue weighted by Crippen LogP contribution is 2.31. The number of benzene rings is 1. The fraction of sp³-hybridized carbons (Fsp3) is 0.364. The molecule has 2 heterocycles. The fourth-order valence-corrected chi connectivity index (χ4v) is 2.49. The second kappa shape index (κ2) is 3.42. The number of rotatable bonds is 1. The molecule has 3 nitrogen and oxygen atoms in total. The average molecular weight is 222 g/mol. The zero-order chi connectivity index (χ0) is 10.3. The van der Waals surface area contributed by atoms with E-state index in [1.807, 2.05) is 18.2 Å². The van der Waals surface area contributed by atoms with Crippen LogP contribution in [-0.4, -0.2) is 30.5 Å². The molecule has 1 atom stereocenters. The highest BCUT2D eigenvalue weighted by Gasteiger charge is 2.32. The lowest BCUT2D eigenvalue weighted by Gasteiger charge is -2.22. The Morgan fingerprint density at radius 2 is 2.27 bits per heavy atom. The average Bonchev–Trinajstić information content (AvgIpc) is 2.80. The molecule has 0 amide bonds. The van der Waals surface area contributed by atoms with E-state index in [1.165, 1.54) is 5.56 Å². The fourth-order valence-electron chi connectivity index (χ4n) is 2.23. The van der Waals surface area contributed by atoms with Crippen molar-refractivity contribution >= 4 is 17.6 Å². The van der Waals surface area contributed by atoms with Crippen molar-refractivity contribution in [2.45, 2.75) is 6.04 Å². The summed E-state index contributed by atoms with van der Waals surface area (Å²) < 4.78 is 0. The molecule has 1 unspecified atom stereocenters. The Bertz CT molecular complexity index is 416. The van der Waals surface area contributed by atoms with Crippen LogP contribution in [0.5, 0.6) is 0 Å². The van der Waals surface area contributed by atoms with Gasteiger partial charge in [-0.25, -0.2) is 0 Å². The molecule has 1 fully saturated rings. The number of fused-ring (bicyclic) bond motifs is 1. The number of aliphatic imine (C=N–C) groups is 1. The van der Waals surface area contributed by atoms with Crippen LogP contribution in [0.3, 0.4) is 0 Å². The van der Waals surface area contributed by atoms with Gasteiger partial charge in [0.1, 0.15) is 0 Å². The van der Waals surface area contributed by atoms with Gasteiger partial charge in [0.05, 0.1) is 12.6 Å². The molecule has 1 aromatic carbocycles. The first kappa shape index (κ1) is 9.04. The summed E-state index contributed by atoms with van der Waals surface area (Å²) in [6.07, 6.45) is 0. The first-order valence-electron chi connectivity index (χ1n) is 5.15. The Morgan fingerprint density at radius 3 is 3.13 bits per heavy atom. The molecule has 78 valence electrons. The molecule has 1 aromatic rings. The monoisotopic (exact) mass is 221 g/mol. The van der Waals surface area contributed by atoms with Crippen LogP contribution in [0.1, 0.15) is 11.6 Å². The predicted octanol–water partition coefficient (Wildman–Crippen LogP) is 1.66. The van der Waals surface area contributed by atoms with E-state index in [4.69, 9.17) is 11.6 Å². The van der Waals surface area contributed by atoms with E-state index >= 15 is 0 Å². The highest BCUT2D eigenvalue weighted by molar-refractivity contribution is 6.31. The van der Waals surface area contributed by atoms with E-state index in [-0.39, 0.29) is 0 Å². The molecule has 0 bridgehead atoms. The van der Waals surface area contributed by atoms with E-state index in [0.717, 1.165) is 30.6 Å². The summed E-state index contributed by atoms with van der Waals surface area (Å²) in [6.45, 7) is 2.82. The first-order valence-corrected chi connectivity index (χ1v) is 5.53. The molecule has 2 aliphatic rings. The Kier molecular flexibility index (Phi) is 2.06. The maximum atomic E-state index is 6.20. The molecule has 2 aliphatic heterocycles. The SMILES string of the molecule is Clc1ccccc1C1CN=C2NCCN21. The van der Waals surface area contributed by atoms with Crippen molar-refractivity contribution in [3.63, 3.8) is 0 Å². The summed E-state index contributed by atoms with van der Waals surface area (Å²) in [5.74, 6) is 1.03. The summed E-state index contributed by atoms with van der Waals surface area (Å²) in [5.41, 5.74) is 1.18. The normalized spacial score (nSPS) is 23.7. The molecular formula is C11H12ClN3. The smallest absolute Gasteiger partial charge is 0.194 e. The second-order valence-electron chi connectivity index (χ2n) is 3.82. The zero-order valence-corrected chi connectivity index (χ0v) is 9.04. The van der Waals surface area contributed by atoms with Crippen LogP contribution in [0, 0.1) is 0 Å². The Balaban J connectivity index is 1.94. The van der Waals surface area contributed by atoms with Crippen LogP contribution in [0.15, 0.2) is 29.3 Å². The summed E-state index contributed by atoms with van der Waals surface area (Å²) in [5, 5.41) is 4.11. The Morgan fingerprint density at radius 1 is 1.40 bits per heavy atom. The van der Waals surface area contributed by atoms with E-state index in [9.17, 15) is 0 Å². The lowest BCUT2D eigenvalue weighted by atomic mass is 10.1. The van der Waals surface area contributed by atoms with E-state index < -0.39 is 0 Å². The van der Waals surface area contributed by atoms with Crippen molar-refractivity contribution in [1.82, 2.24) is 10.2 Å². The Hall–Kier alpha value is -1.22. The van der Waals surface area contributed by atoms with Crippen LogP contribution in [0.25, 0.3) is 0 Å². The second-order valence-corrected chi connectivity index (χ2v) is 4.23. The number of nitrogens with one attached hydrogen (secondary N) is 1. The van der Waals surface area contributed by atoms with E-state index in [1.54, 1.807) is 0 Å². The van der Waals surface area contributed by atoms with Crippen LogP contribution in [0.4, 0.5) is 0 Å². The summed E-state index contributed by atoms with van der Waals surface area (Å²) in [6, 6.07) is 8.35. The standard InChI is InChI=1S/C11H12ClN3/c12-9-4-2-1-3-8(9)10-7-14-11-13-5-6-15(10)11/h1-4,10H,5-7H2,(H,13,14). The van der Waals surface area contributed by atoms with Gasteiger partial charge in [-0.05, 0) is 11.6 Å². The number of guanidine groups is 1. The molecule has 1 saturated heterocycles. The molecule has 3 rings (SSSR count). The predicted molar refractivity (Wildman–Crippen MR) is 61.2 cm³/mol. The lowest BCUT2D eigenvalue weighted by Crippen LogP contribution is -2.28. The molecule has 15 heavy (non-hydrogen) atoms. The minimum absolute atomic E-state index is 0.323. The van der Waals surface area contributed by atoms with Gasteiger partial charge in [0.2, 0.25) is 0 Å². The van der Waals surface area contributed by atoms with Crippen LogP contribution < -0.4 is 5.32 Å². The van der Waals surface area contributed by atoms with Gasteiger partial charge in [-0.15, -0.1) is 0 Å². The van der Waals surface area contributed by atoms with Gasteiger partial charge in [-0.2, -0.15) is 0 Å². The molecule has 0 saturated carbocycles. The summed E-state index contributed by atoms with van der Waals surface area (Å²) in [4.78, 5) is 6.76. The van der Waals surface area contributed by atoms with E-state index in [2.05, 4.69) is 21.3 Å². The third kappa shape index (κ3) is 1.38. The topological polar surface area (TPSA) is 27.6 Å².